The third kappa shape index (κ3) is 2.95. The molecule has 1 heterocycles. The third-order valence-corrected chi connectivity index (χ3v) is 2.02. The lowest BCUT2D eigenvalue weighted by Gasteiger charge is -2.07. The van der Waals surface area contributed by atoms with E-state index in [1.807, 2.05) is 0 Å². The van der Waals surface area contributed by atoms with Crippen LogP contribution in [0.3, 0.4) is 0 Å². The van der Waals surface area contributed by atoms with E-state index in [2.05, 4.69) is 25.7 Å². The number of nitrogens with zero attached hydrogens (tertiary/aromatic N) is 1. The van der Waals surface area contributed by atoms with Crippen molar-refractivity contribution in [1.29, 1.82) is 0 Å². The summed E-state index contributed by atoms with van der Waals surface area (Å²) < 4.78 is 30.1. The summed E-state index contributed by atoms with van der Waals surface area (Å²) in [7, 11) is 0. The Morgan fingerprint density at radius 2 is 2.33 bits per heavy atom. The van der Waals surface area contributed by atoms with E-state index < -0.39 is 18.0 Å². The van der Waals surface area contributed by atoms with Crippen LogP contribution in [0.5, 0.6) is 0 Å². The average molecular weight is 280 g/mol. The van der Waals surface area contributed by atoms with Gasteiger partial charge in [0.05, 0.1) is 12.2 Å². The van der Waals surface area contributed by atoms with Crippen LogP contribution >= 0.6 is 15.9 Å². The topological polar surface area (TPSA) is 39.2 Å². The van der Waals surface area contributed by atoms with Gasteiger partial charge in [-0.3, -0.25) is 0 Å². The van der Waals surface area contributed by atoms with Gasteiger partial charge in [0.2, 0.25) is 0 Å². The minimum atomic E-state index is -2.76. The normalized spacial score (nSPS) is 10.5. The molecule has 0 fully saturated rings. The molecule has 0 N–H and O–H groups in total. The van der Waals surface area contributed by atoms with Crippen molar-refractivity contribution in [1.82, 2.24) is 4.98 Å². The van der Waals surface area contributed by atoms with E-state index in [-0.39, 0.29) is 12.3 Å². The lowest BCUT2D eigenvalue weighted by Crippen LogP contribution is -2.10. The van der Waals surface area contributed by atoms with E-state index in [1.165, 1.54) is 6.20 Å². The first-order chi connectivity index (χ1) is 7.06. The third-order valence-electron chi connectivity index (χ3n) is 1.59. The molecule has 3 nitrogen and oxygen atoms in total. The Morgan fingerprint density at radius 1 is 1.67 bits per heavy atom. The maximum atomic E-state index is 12.5. The Labute approximate surface area is 93.6 Å². The van der Waals surface area contributed by atoms with Gasteiger partial charge in [-0.15, -0.1) is 0 Å². The Kier molecular flexibility index (Phi) is 4.14. The first-order valence-corrected chi connectivity index (χ1v) is 4.96. The number of hydrogen-bond donors (Lipinski definition) is 0. The molecule has 6 heteroatoms. The van der Waals surface area contributed by atoms with Gasteiger partial charge in [-0.1, -0.05) is 0 Å². The Hall–Kier alpha value is -1.04. The molecule has 0 aromatic carbocycles. The zero-order valence-electron chi connectivity index (χ0n) is 7.84. The van der Waals surface area contributed by atoms with Crippen molar-refractivity contribution < 1.29 is 18.3 Å². The minimum absolute atomic E-state index is 0.124. The highest BCUT2D eigenvalue weighted by Gasteiger charge is 2.21. The molecule has 0 saturated heterocycles. The second-order valence-corrected chi connectivity index (χ2v) is 3.53. The SMILES string of the molecule is CCOC(=O)c1ncc(Br)cc1C(F)F. The predicted octanol–water partition coefficient (Wildman–Crippen LogP) is 2.96. The number of alkyl halides is 2. The van der Waals surface area contributed by atoms with Gasteiger partial charge in [-0.2, -0.15) is 0 Å². The molecule has 0 aliphatic carbocycles. The van der Waals surface area contributed by atoms with E-state index in [0.29, 0.717) is 4.47 Å². The molecule has 0 amide bonds. The Morgan fingerprint density at radius 3 is 2.87 bits per heavy atom. The smallest absolute Gasteiger partial charge is 0.357 e. The Bertz CT molecular complexity index is 371. The van der Waals surface area contributed by atoms with E-state index in [4.69, 9.17) is 0 Å². The van der Waals surface area contributed by atoms with Crippen molar-refractivity contribution in [3.8, 4) is 0 Å². The average Bonchev–Trinajstić information content (AvgIpc) is 2.17. The minimum Gasteiger partial charge on any atom is -0.461 e. The van der Waals surface area contributed by atoms with Crippen molar-refractivity contribution in [3.05, 3.63) is 28.0 Å². The molecule has 0 spiro atoms. The molecule has 1 rings (SSSR count). The predicted molar refractivity (Wildman–Crippen MR) is 52.9 cm³/mol. The highest BCUT2D eigenvalue weighted by molar-refractivity contribution is 9.10. The van der Waals surface area contributed by atoms with Gasteiger partial charge in [-0.05, 0) is 28.9 Å². The summed E-state index contributed by atoms with van der Waals surface area (Å²) in [6, 6.07) is 1.16. The summed E-state index contributed by atoms with van der Waals surface area (Å²) in [6.45, 7) is 1.72. The zero-order chi connectivity index (χ0) is 11.4. The van der Waals surface area contributed by atoms with Gasteiger partial charge >= 0.3 is 5.97 Å². The van der Waals surface area contributed by atoms with E-state index in [0.717, 1.165) is 6.07 Å². The maximum Gasteiger partial charge on any atom is 0.357 e. The summed E-state index contributed by atoms with van der Waals surface area (Å²) in [6.07, 6.45) is -1.48. The Balaban J connectivity index is 3.11. The number of esters is 1. The van der Waals surface area contributed by atoms with Gasteiger partial charge in [0.1, 0.15) is 0 Å². The molecule has 0 aliphatic rings. The van der Waals surface area contributed by atoms with Crippen LogP contribution in [0.15, 0.2) is 16.7 Å². The molecule has 0 bridgehead atoms. The number of hydrogen-bond acceptors (Lipinski definition) is 3. The fraction of sp³-hybridized carbons (Fsp3) is 0.333. The largest absolute Gasteiger partial charge is 0.461 e. The summed E-state index contributed by atoms with van der Waals surface area (Å²) in [5.41, 5.74) is -0.766. The maximum absolute atomic E-state index is 12.5. The van der Waals surface area contributed by atoms with Crippen molar-refractivity contribution in [2.45, 2.75) is 13.3 Å². The highest BCUT2D eigenvalue weighted by atomic mass is 79.9. The van der Waals surface area contributed by atoms with E-state index in [1.54, 1.807) is 6.92 Å². The fourth-order valence-corrected chi connectivity index (χ4v) is 1.34. The molecule has 0 aliphatic heterocycles. The standard InChI is InChI=1S/C9H8BrF2NO2/c1-2-15-9(14)7-6(8(11)12)3-5(10)4-13-7/h3-4,8H,2H2,1H3. The monoisotopic (exact) mass is 279 g/mol. The lowest BCUT2D eigenvalue weighted by molar-refractivity contribution is 0.0507. The molecule has 82 valence electrons. The second-order valence-electron chi connectivity index (χ2n) is 2.61. The van der Waals surface area contributed by atoms with Crippen LogP contribution in [-0.2, 0) is 4.74 Å². The van der Waals surface area contributed by atoms with Crippen molar-refractivity contribution in [2.75, 3.05) is 6.61 Å². The molecule has 1 aromatic heterocycles. The fourth-order valence-electron chi connectivity index (χ4n) is 0.991. The summed E-state index contributed by atoms with van der Waals surface area (Å²) >= 11 is 3.00. The van der Waals surface area contributed by atoms with Crippen LogP contribution in [0.2, 0.25) is 0 Å². The summed E-state index contributed by atoms with van der Waals surface area (Å²) in [5, 5.41) is 0. The van der Waals surface area contributed by atoms with Gasteiger partial charge in [-0.25, -0.2) is 18.6 Å². The van der Waals surface area contributed by atoms with E-state index >= 15 is 0 Å². The zero-order valence-corrected chi connectivity index (χ0v) is 9.42. The number of carbonyl (C=O) groups excluding carboxylic acids is 1. The van der Waals surface area contributed by atoms with Crippen LogP contribution in [0.1, 0.15) is 29.4 Å². The van der Waals surface area contributed by atoms with Crippen LogP contribution in [0, 0.1) is 0 Å². The first kappa shape index (κ1) is 12.0. The number of rotatable bonds is 3. The molecule has 1 aromatic rings. The number of ether oxygens (including phenoxy) is 1. The molecule has 0 radical (unpaired) electrons. The molecule has 0 saturated carbocycles. The van der Waals surface area contributed by atoms with Crippen molar-refractivity contribution in [2.24, 2.45) is 0 Å². The van der Waals surface area contributed by atoms with Crippen molar-refractivity contribution in [3.63, 3.8) is 0 Å². The van der Waals surface area contributed by atoms with Crippen LogP contribution in [-0.4, -0.2) is 17.6 Å². The molecule has 15 heavy (non-hydrogen) atoms. The van der Waals surface area contributed by atoms with Crippen LogP contribution in [0.25, 0.3) is 0 Å². The summed E-state index contributed by atoms with van der Waals surface area (Å²) in [5.74, 6) is -0.833. The van der Waals surface area contributed by atoms with Gasteiger partial charge < -0.3 is 4.74 Å². The van der Waals surface area contributed by atoms with Gasteiger partial charge in [0.25, 0.3) is 6.43 Å². The number of pyridine rings is 1. The number of carbonyl (C=O) groups is 1. The molecule has 0 atom stereocenters. The van der Waals surface area contributed by atoms with Crippen LogP contribution in [0.4, 0.5) is 8.78 Å². The van der Waals surface area contributed by atoms with Crippen LogP contribution < -0.4 is 0 Å². The van der Waals surface area contributed by atoms with Gasteiger partial charge in [0.15, 0.2) is 5.69 Å². The number of halogens is 3. The highest BCUT2D eigenvalue weighted by Crippen LogP contribution is 2.25. The molecular weight excluding hydrogens is 272 g/mol. The lowest BCUT2D eigenvalue weighted by atomic mass is 10.2. The van der Waals surface area contributed by atoms with E-state index in [9.17, 15) is 13.6 Å². The quantitative estimate of drug-likeness (QED) is 0.799. The first-order valence-electron chi connectivity index (χ1n) is 4.17. The van der Waals surface area contributed by atoms with Crippen molar-refractivity contribution >= 4 is 21.9 Å². The summed E-state index contributed by atoms with van der Waals surface area (Å²) in [4.78, 5) is 14.9. The second kappa shape index (κ2) is 5.16. The molecule has 0 unspecified atom stereocenters. The van der Waals surface area contributed by atoms with Gasteiger partial charge in [0, 0.05) is 10.7 Å². The molecular formula is C9H8BrF2NO2. The number of aromatic nitrogens is 1.